The largest absolute Gasteiger partial charge is 0.321 e. The number of rotatable bonds is 5. The predicted octanol–water partition coefficient (Wildman–Crippen LogP) is 2.48. The van der Waals surface area contributed by atoms with E-state index in [1.165, 1.54) is 5.56 Å². The first-order valence-electron chi connectivity index (χ1n) is 5.83. The molecular formula is C14H21NO. The maximum Gasteiger partial charge on any atom is 0.153 e. The molecule has 0 amide bonds. The Morgan fingerprint density at radius 3 is 2.31 bits per heavy atom. The van der Waals surface area contributed by atoms with E-state index in [9.17, 15) is 4.79 Å². The van der Waals surface area contributed by atoms with Gasteiger partial charge in [0.25, 0.3) is 0 Å². The summed E-state index contributed by atoms with van der Waals surface area (Å²) < 4.78 is 0. The molecule has 0 aromatic heterocycles. The molecule has 2 N–H and O–H groups in total. The average Bonchev–Trinajstić information content (AvgIpc) is 2.20. The molecular weight excluding hydrogens is 198 g/mol. The third-order valence-electron chi connectivity index (χ3n) is 2.64. The first kappa shape index (κ1) is 12.9. The minimum Gasteiger partial charge on any atom is -0.321 e. The molecule has 0 aliphatic rings. The van der Waals surface area contributed by atoms with Gasteiger partial charge in [-0.3, -0.25) is 4.79 Å². The summed E-state index contributed by atoms with van der Waals surface area (Å²) in [5.41, 5.74) is 8.11. The first-order chi connectivity index (χ1) is 7.49. The number of carbonyl (C=O) groups is 1. The number of carbonyl (C=O) groups excluding carboxylic acids is 1. The van der Waals surface area contributed by atoms with Crippen molar-refractivity contribution in [1.82, 2.24) is 0 Å². The quantitative estimate of drug-likeness (QED) is 0.826. The van der Waals surface area contributed by atoms with Crippen molar-refractivity contribution in [3.63, 3.8) is 0 Å². The molecule has 0 bridgehead atoms. The van der Waals surface area contributed by atoms with Gasteiger partial charge < -0.3 is 5.73 Å². The maximum absolute atomic E-state index is 11.8. The van der Waals surface area contributed by atoms with Crippen molar-refractivity contribution in [2.75, 3.05) is 0 Å². The van der Waals surface area contributed by atoms with Crippen LogP contribution in [0.15, 0.2) is 24.3 Å². The number of aryl methyl sites for hydroxylation is 1. The summed E-state index contributed by atoms with van der Waals surface area (Å²) in [5, 5.41) is 0. The lowest BCUT2D eigenvalue weighted by molar-refractivity contribution is -0.120. The lowest BCUT2D eigenvalue weighted by Crippen LogP contribution is -2.33. The molecule has 2 heteroatoms. The Balaban J connectivity index is 2.54. The topological polar surface area (TPSA) is 43.1 Å². The van der Waals surface area contributed by atoms with Crippen molar-refractivity contribution in [3.05, 3.63) is 35.4 Å². The molecule has 0 aliphatic carbocycles. The Morgan fingerprint density at radius 1 is 1.25 bits per heavy atom. The molecule has 0 heterocycles. The van der Waals surface area contributed by atoms with E-state index >= 15 is 0 Å². The van der Waals surface area contributed by atoms with Crippen molar-refractivity contribution >= 4 is 5.78 Å². The van der Waals surface area contributed by atoms with Crippen LogP contribution in [-0.4, -0.2) is 11.8 Å². The molecule has 0 saturated heterocycles. The minimum absolute atomic E-state index is 0.137. The highest BCUT2D eigenvalue weighted by Gasteiger charge is 2.15. The zero-order valence-corrected chi connectivity index (χ0v) is 10.4. The van der Waals surface area contributed by atoms with Crippen LogP contribution in [0.4, 0.5) is 0 Å². The van der Waals surface area contributed by atoms with Gasteiger partial charge in [0, 0.05) is 6.42 Å². The number of Topliss-reactive ketones (excluding diaryl/α,β-unsaturated/α-hetero) is 1. The SMILES string of the molecule is Cc1ccc(CC(=O)C(N)CC(C)C)cc1. The summed E-state index contributed by atoms with van der Waals surface area (Å²) in [7, 11) is 0. The predicted molar refractivity (Wildman–Crippen MR) is 67.3 cm³/mol. The zero-order chi connectivity index (χ0) is 12.1. The molecule has 1 atom stereocenters. The molecule has 16 heavy (non-hydrogen) atoms. The summed E-state index contributed by atoms with van der Waals surface area (Å²) in [5.74, 6) is 0.606. The average molecular weight is 219 g/mol. The van der Waals surface area contributed by atoms with Gasteiger partial charge in [0.2, 0.25) is 0 Å². The van der Waals surface area contributed by atoms with Gasteiger partial charge >= 0.3 is 0 Å². The lowest BCUT2D eigenvalue weighted by Gasteiger charge is -2.12. The lowest BCUT2D eigenvalue weighted by atomic mass is 9.97. The highest BCUT2D eigenvalue weighted by atomic mass is 16.1. The van der Waals surface area contributed by atoms with E-state index in [-0.39, 0.29) is 11.8 Å². The summed E-state index contributed by atoms with van der Waals surface area (Å²) in [6, 6.07) is 7.72. The Bertz CT molecular complexity index is 340. The molecule has 88 valence electrons. The van der Waals surface area contributed by atoms with E-state index in [1.54, 1.807) is 0 Å². The Hall–Kier alpha value is -1.15. The van der Waals surface area contributed by atoms with Crippen molar-refractivity contribution in [2.24, 2.45) is 11.7 Å². The van der Waals surface area contributed by atoms with Crippen LogP contribution in [0.1, 0.15) is 31.4 Å². The minimum atomic E-state index is -0.318. The van der Waals surface area contributed by atoms with Crippen molar-refractivity contribution in [3.8, 4) is 0 Å². The maximum atomic E-state index is 11.8. The van der Waals surface area contributed by atoms with Gasteiger partial charge in [-0.15, -0.1) is 0 Å². The normalized spacial score (nSPS) is 12.8. The third kappa shape index (κ3) is 4.15. The van der Waals surface area contributed by atoms with Gasteiger partial charge in [-0.25, -0.2) is 0 Å². The number of hydrogen-bond donors (Lipinski definition) is 1. The van der Waals surface area contributed by atoms with E-state index in [2.05, 4.69) is 13.8 Å². The Morgan fingerprint density at radius 2 is 1.81 bits per heavy atom. The second kappa shape index (κ2) is 5.80. The Kier molecular flexibility index (Phi) is 4.69. The molecule has 1 aromatic rings. The summed E-state index contributed by atoms with van der Waals surface area (Å²) >= 11 is 0. The fraction of sp³-hybridized carbons (Fsp3) is 0.500. The van der Waals surface area contributed by atoms with Crippen molar-refractivity contribution < 1.29 is 4.79 Å². The molecule has 1 rings (SSSR count). The highest BCUT2D eigenvalue weighted by Crippen LogP contribution is 2.08. The van der Waals surface area contributed by atoms with Crippen LogP contribution in [0.5, 0.6) is 0 Å². The molecule has 0 spiro atoms. The van der Waals surface area contributed by atoms with Crippen molar-refractivity contribution in [1.29, 1.82) is 0 Å². The number of benzene rings is 1. The Labute approximate surface area is 97.9 Å². The van der Waals surface area contributed by atoms with E-state index in [1.807, 2.05) is 31.2 Å². The van der Waals surface area contributed by atoms with Crippen LogP contribution < -0.4 is 5.73 Å². The zero-order valence-electron chi connectivity index (χ0n) is 10.4. The van der Waals surface area contributed by atoms with E-state index in [0.717, 1.165) is 12.0 Å². The summed E-state index contributed by atoms with van der Waals surface area (Å²) in [6.45, 7) is 6.20. The molecule has 0 fully saturated rings. The summed E-state index contributed by atoms with van der Waals surface area (Å²) in [4.78, 5) is 11.8. The van der Waals surface area contributed by atoms with Crippen LogP contribution in [0.25, 0.3) is 0 Å². The molecule has 0 saturated carbocycles. The molecule has 1 aromatic carbocycles. The summed E-state index contributed by atoms with van der Waals surface area (Å²) in [6.07, 6.45) is 1.22. The van der Waals surface area contributed by atoms with Gasteiger partial charge in [0.15, 0.2) is 5.78 Å². The fourth-order valence-corrected chi connectivity index (χ4v) is 1.68. The van der Waals surface area contributed by atoms with Crippen molar-refractivity contribution in [2.45, 2.75) is 39.7 Å². The van der Waals surface area contributed by atoms with Crippen LogP contribution in [0.2, 0.25) is 0 Å². The highest BCUT2D eigenvalue weighted by molar-refractivity contribution is 5.85. The number of hydrogen-bond acceptors (Lipinski definition) is 2. The van der Waals surface area contributed by atoms with Gasteiger partial charge in [-0.2, -0.15) is 0 Å². The second-order valence-electron chi connectivity index (χ2n) is 4.86. The second-order valence-corrected chi connectivity index (χ2v) is 4.86. The van der Waals surface area contributed by atoms with E-state index < -0.39 is 0 Å². The molecule has 0 aliphatic heterocycles. The number of nitrogens with two attached hydrogens (primary N) is 1. The van der Waals surface area contributed by atoms with Gasteiger partial charge in [0.05, 0.1) is 6.04 Å². The van der Waals surface area contributed by atoms with E-state index in [4.69, 9.17) is 5.73 Å². The van der Waals surface area contributed by atoms with E-state index in [0.29, 0.717) is 12.3 Å². The van der Waals surface area contributed by atoms with Crippen LogP contribution in [0, 0.1) is 12.8 Å². The van der Waals surface area contributed by atoms with Crippen LogP contribution >= 0.6 is 0 Å². The third-order valence-corrected chi connectivity index (χ3v) is 2.64. The molecule has 1 unspecified atom stereocenters. The van der Waals surface area contributed by atoms with Gasteiger partial charge in [-0.1, -0.05) is 43.7 Å². The smallest absolute Gasteiger partial charge is 0.153 e. The monoisotopic (exact) mass is 219 g/mol. The number of ketones is 1. The standard InChI is InChI=1S/C14H21NO/c1-10(2)8-13(15)14(16)9-12-6-4-11(3)5-7-12/h4-7,10,13H,8-9,15H2,1-3H3. The first-order valence-corrected chi connectivity index (χ1v) is 5.83. The fourth-order valence-electron chi connectivity index (χ4n) is 1.68. The van der Waals surface area contributed by atoms with Gasteiger partial charge in [0.1, 0.15) is 0 Å². The molecule has 2 nitrogen and oxygen atoms in total. The van der Waals surface area contributed by atoms with Crippen LogP contribution in [-0.2, 0) is 11.2 Å². The van der Waals surface area contributed by atoms with Gasteiger partial charge in [-0.05, 0) is 24.8 Å². The molecule has 0 radical (unpaired) electrons. The van der Waals surface area contributed by atoms with Crippen LogP contribution in [0.3, 0.4) is 0 Å².